The van der Waals surface area contributed by atoms with Crippen LogP contribution in [0.15, 0.2) is 12.7 Å². The van der Waals surface area contributed by atoms with Gasteiger partial charge in [-0.25, -0.2) is 19.2 Å². The molecule has 14 heteroatoms. The van der Waals surface area contributed by atoms with Crippen LogP contribution in [-0.4, -0.2) is 96.0 Å². The van der Waals surface area contributed by atoms with Crippen LogP contribution in [0.25, 0.3) is 0 Å². The lowest BCUT2D eigenvalue weighted by Gasteiger charge is -2.28. The molecule has 4 aliphatic carbocycles. The Hall–Kier alpha value is -3.55. The minimum atomic E-state index is -0.554. The molecule has 4 rings (SSSR count). The molecule has 0 aromatic carbocycles. The molecule has 4 bridgehead atoms. The molecule has 4 N–H and O–H groups in total. The molecule has 50 heavy (non-hydrogen) atoms. The van der Waals surface area contributed by atoms with Gasteiger partial charge in [-0.3, -0.25) is 4.79 Å². The van der Waals surface area contributed by atoms with Gasteiger partial charge in [-0.1, -0.05) is 6.58 Å². The maximum atomic E-state index is 12.2. The summed E-state index contributed by atoms with van der Waals surface area (Å²) in [7, 11) is 0. The van der Waals surface area contributed by atoms with E-state index in [2.05, 4.69) is 27.8 Å². The van der Waals surface area contributed by atoms with Crippen LogP contribution in [0.1, 0.15) is 71.1 Å². The van der Waals surface area contributed by atoms with E-state index in [0.29, 0.717) is 106 Å². The number of ether oxygens (including phenoxy) is 5. The van der Waals surface area contributed by atoms with Crippen molar-refractivity contribution in [2.24, 2.45) is 47.3 Å². The summed E-state index contributed by atoms with van der Waals surface area (Å²) in [6, 6.07) is 0. The third-order valence-electron chi connectivity index (χ3n) is 11.1. The molecule has 0 aliphatic heterocycles. The second-order valence-corrected chi connectivity index (χ2v) is 14.1. The number of fused-ring (bicyclic) bond motifs is 4. The Bertz CT molecular complexity index is 1140. The fourth-order valence-electron chi connectivity index (χ4n) is 8.90. The number of alkyl carbamates (subject to hydrolysis) is 3. The molecule has 0 saturated heterocycles. The SMILES string of the molecule is C=CC(=O)OCCOC(=O)NCC1CC2CCC1C2CCNC(=O)OCCCCOCC(=O)NCCC1CC2CC1CC2CNC(=O)OCC. The van der Waals surface area contributed by atoms with E-state index in [4.69, 9.17) is 23.7 Å². The van der Waals surface area contributed by atoms with Crippen molar-refractivity contribution in [2.45, 2.75) is 71.1 Å². The Kier molecular flexibility index (Phi) is 16.5. The van der Waals surface area contributed by atoms with E-state index in [9.17, 15) is 24.0 Å². The lowest BCUT2D eigenvalue weighted by atomic mass is 9.80. The summed E-state index contributed by atoms with van der Waals surface area (Å²) in [4.78, 5) is 58.9. The Balaban J connectivity index is 0.932. The summed E-state index contributed by atoms with van der Waals surface area (Å²) in [5, 5.41) is 11.6. The zero-order valence-electron chi connectivity index (χ0n) is 29.6. The van der Waals surface area contributed by atoms with E-state index in [1.54, 1.807) is 6.92 Å². The van der Waals surface area contributed by atoms with Crippen molar-refractivity contribution >= 4 is 30.2 Å². The van der Waals surface area contributed by atoms with E-state index in [0.717, 1.165) is 44.6 Å². The number of unbranched alkanes of at least 4 members (excludes halogenated alkanes) is 1. The highest BCUT2D eigenvalue weighted by molar-refractivity contribution is 5.81. The smallest absolute Gasteiger partial charge is 0.407 e. The van der Waals surface area contributed by atoms with Crippen molar-refractivity contribution < 1.29 is 47.7 Å². The van der Waals surface area contributed by atoms with Crippen molar-refractivity contribution in [1.82, 2.24) is 21.3 Å². The number of amides is 4. The van der Waals surface area contributed by atoms with Gasteiger partial charge in [0.05, 0.1) is 13.2 Å². The third kappa shape index (κ3) is 12.6. The number of carbonyl (C=O) groups excluding carboxylic acids is 5. The predicted octanol–water partition coefficient (Wildman–Crippen LogP) is 3.93. The van der Waals surface area contributed by atoms with Crippen LogP contribution in [0.3, 0.4) is 0 Å². The monoisotopic (exact) mass is 706 g/mol. The Morgan fingerprint density at radius 3 is 2.06 bits per heavy atom. The van der Waals surface area contributed by atoms with E-state index in [1.165, 1.54) is 12.8 Å². The van der Waals surface area contributed by atoms with Gasteiger partial charge in [0.15, 0.2) is 0 Å². The number of rotatable bonds is 22. The summed E-state index contributed by atoms with van der Waals surface area (Å²) in [6.45, 7) is 8.67. The van der Waals surface area contributed by atoms with E-state index in [-0.39, 0.29) is 31.8 Å². The fraction of sp³-hybridized carbons (Fsp3) is 0.806. The number of carbonyl (C=O) groups is 5. The van der Waals surface area contributed by atoms with Gasteiger partial charge in [-0.05, 0) is 118 Å². The molecule has 0 radical (unpaired) electrons. The van der Waals surface area contributed by atoms with Crippen molar-refractivity contribution in [3.8, 4) is 0 Å². The molecule has 4 aliphatic rings. The number of hydrogen-bond donors (Lipinski definition) is 4. The van der Waals surface area contributed by atoms with Crippen LogP contribution >= 0.6 is 0 Å². The average Bonchev–Trinajstić information content (AvgIpc) is 3.88. The van der Waals surface area contributed by atoms with Crippen LogP contribution in [0.2, 0.25) is 0 Å². The highest BCUT2D eigenvalue weighted by atomic mass is 16.6. The normalized spacial score (nSPS) is 27.3. The Morgan fingerprint density at radius 1 is 0.660 bits per heavy atom. The largest absolute Gasteiger partial charge is 0.459 e. The number of esters is 1. The van der Waals surface area contributed by atoms with E-state index < -0.39 is 18.2 Å². The lowest BCUT2D eigenvalue weighted by molar-refractivity contribution is -0.138. The molecular weight excluding hydrogens is 648 g/mol. The van der Waals surface area contributed by atoms with Crippen molar-refractivity contribution in [1.29, 1.82) is 0 Å². The van der Waals surface area contributed by atoms with Gasteiger partial charge in [0.1, 0.15) is 19.8 Å². The predicted molar refractivity (Wildman–Crippen MR) is 183 cm³/mol. The van der Waals surface area contributed by atoms with Crippen molar-refractivity contribution in [3.05, 3.63) is 12.7 Å². The highest BCUT2D eigenvalue weighted by Crippen LogP contribution is 2.54. The van der Waals surface area contributed by atoms with Gasteiger partial charge in [0, 0.05) is 38.9 Å². The third-order valence-corrected chi connectivity index (χ3v) is 11.1. The molecular formula is C36H58N4O10. The van der Waals surface area contributed by atoms with E-state index in [1.807, 2.05) is 0 Å². The number of hydrogen-bond acceptors (Lipinski definition) is 10. The first-order chi connectivity index (χ1) is 24.3. The van der Waals surface area contributed by atoms with Gasteiger partial charge in [-0.15, -0.1) is 0 Å². The lowest BCUT2D eigenvalue weighted by Crippen LogP contribution is -2.34. The van der Waals surface area contributed by atoms with Crippen LogP contribution in [0.4, 0.5) is 14.4 Å². The summed E-state index contributed by atoms with van der Waals surface area (Å²) in [5.41, 5.74) is 0. The summed E-state index contributed by atoms with van der Waals surface area (Å²) >= 11 is 0. The molecule has 14 nitrogen and oxygen atoms in total. The number of nitrogens with one attached hydrogen (secondary N) is 4. The zero-order chi connectivity index (χ0) is 35.7. The quantitative estimate of drug-likeness (QED) is 0.0558. The molecule has 4 fully saturated rings. The maximum absolute atomic E-state index is 12.2. The van der Waals surface area contributed by atoms with Crippen LogP contribution < -0.4 is 21.3 Å². The summed E-state index contributed by atoms with van der Waals surface area (Å²) < 4.78 is 25.6. The van der Waals surface area contributed by atoms with Gasteiger partial charge in [0.25, 0.3) is 0 Å². The van der Waals surface area contributed by atoms with Crippen LogP contribution in [0.5, 0.6) is 0 Å². The Morgan fingerprint density at radius 2 is 1.30 bits per heavy atom. The standard InChI is InChI=1S/C36H58N4O10/c1-3-33(42)48-15-16-50-36(45)40-22-29-18-25-7-8-30(29)31(25)10-12-38-34(43)49-14-6-5-13-46-23-32(41)37-11-9-24-17-27-19-26(24)20-28(27)21-39-35(44)47-4-2/h3,24-31H,1,4-23H2,2H3,(H,37,41)(H,38,43)(H,39,44)(H,40,45). The molecule has 0 aromatic heterocycles. The van der Waals surface area contributed by atoms with Crippen molar-refractivity contribution in [2.75, 3.05) is 65.8 Å². The average molecular weight is 707 g/mol. The molecule has 282 valence electrons. The first-order valence-corrected chi connectivity index (χ1v) is 18.6. The first-order valence-electron chi connectivity index (χ1n) is 18.6. The molecule has 0 aromatic rings. The molecule has 0 heterocycles. The zero-order valence-corrected chi connectivity index (χ0v) is 29.6. The van der Waals surface area contributed by atoms with Gasteiger partial charge in [0.2, 0.25) is 5.91 Å². The molecule has 8 unspecified atom stereocenters. The molecule has 4 amide bonds. The highest BCUT2D eigenvalue weighted by Gasteiger charge is 2.47. The van der Waals surface area contributed by atoms with Crippen LogP contribution in [0, 0.1) is 47.3 Å². The first kappa shape index (κ1) is 39.2. The molecule has 4 saturated carbocycles. The minimum Gasteiger partial charge on any atom is -0.459 e. The molecule has 8 atom stereocenters. The topological polar surface area (TPSA) is 180 Å². The van der Waals surface area contributed by atoms with Gasteiger partial charge >= 0.3 is 24.2 Å². The second kappa shape index (κ2) is 21.0. The summed E-state index contributed by atoms with van der Waals surface area (Å²) in [5.74, 6) is 3.84. The maximum Gasteiger partial charge on any atom is 0.407 e. The Labute approximate surface area is 295 Å². The minimum absolute atomic E-state index is 0.00957. The summed E-state index contributed by atoms with van der Waals surface area (Å²) in [6.07, 6.45) is 9.87. The van der Waals surface area contributed by atoms with Gasteiger partial charge < -0.3 is 45.0 Å². The van der Waals surface area contributed by atoms with Crippen molar-refractivity contribution in [3.63, 3.8) is 0 Å². The second-order valence-electron chi connectivity index (χ2n) is 14.1. The van der Waals surface area contributed by atoms with Crippen LogP contribution in [-0.2, 0) is 33.3 Å². The van der Waals surface area contributed by atoms with E-state index >= 15 is 0 Å². The molecule has 0 spiro atoms. The van der Waals surface area contributed by atoms with Gasteiger partial charge in [-0.2, -0.15) is 0 Å². The fourth-order valence-corrected chi connectivity index (χ4v) is 8.90.